The van der Waals surface area contributed by atoms with E-state index in [1.165, 1.54) is 0 Å². The summed E-state index contributed by atoms with van der Waals surface area (Å²) in [4.78, 5) is 8.51. The monoisotopic (exact) mass is 220 g/mol. The topological polar surface area (TPSA) is 59.1 Å². The summed E-state index contributed by atoms with van der Waals surface area (Å²) in [7, 11) is 0. The molecular formula is C11H16N4O. The van der Waals surface area contributed by atoms with Gasteiger partial charge in [0.1, 0.15) is 12.1 Å². The van der Waals surface area contributed by atoms with Crippen LogP contribution in [0.15, 0.2) is 12.4 Å². The number of aromatic nitrogens is 2. The van der Waals surface area contributed by atoms with Crippen molar-refractivity contribution in [1.82, 2.24) is 15.3 Å². The second-order valence-electron chi connectivity index (χ2n) is 4.33. The maximum absolute atomic E-state index is 5.61. The van der Waals surface area contributed by atoms with E-state index in [0.717, 1.165) is 44.0 Å². The van der Waals surface area contributed by atoms with E-state index in [4.69, 9.17) is 4.74 Å². The van der Waals surface area contributed by atoms with Gasteiger partial charge >= 0.3 is 0 Å². The predicted octanol–water partition coefficient (Wildman–Crippen LogP) is 0.712. The molecule has 2 aliphatic heterocycles. The molecule has 2 N–H and O–H groups in total. The molecule has 2 aliphatic rings. The van der Waals surface area contributed by atoms with Crippen molar-refractivity contribution in [2.75, 3.05) is 25.0 Å². The molecule has 5 heteroatoms. The van der Waals surface area contributed by atoms with Gasteiger partial charge in [-0.05, 0) is 12.8 Å². The Morgan fingerprint density at radius 1 is 1.38 bits per heavy atom. The Balaban J connectivity index is 1.70. The molecule has 2 saturated heterocycles. The van der Waals surface area contributed by atoms with Gasteiger partial charge in [-0.25, -0.2) is 9.97 Å². The molecule has 0 amide bonds. The quantitative estimate of drug-likeness (QED) is 0.785. The first-order valence-corrected chi connectivity index (χ1v) is 5.82. The summed E-state index contributed by atoms with van der Waals surface area (Å²) in [6.45, 7) is 2.88. The average Bonchev–Trinajstić information content (AvgIpc) is 2.77. The molecule has 5 nitrogen and oxygen atoms in total. The van der Waals surface area contributed by atoms with Crippen molar-refractivity contribution in [3.63, 3.8) is 0 Å². The second-order valence-corrected chi connectivity index (χ2v) is 4.33. The molecule has 0 spiro atoms. The fourth-order valence-corrected chi connectivity index (χ4v) is 2.04. The van der Waals surface area contributed by atoms with Crippen molar-refractivity contribution in [2.45, 2.75) is 25.0 Å². The third kappa shape index (κ3) is 2.01. The number of anilines is 1. The van der Waals surface area contributed by atoms with Crippen molar-refractivity contribution >= 4 is 5.82 Å². The van der Waals surface area contributed by atoms with Crippen LogP contribution in [0.4, 0.5) is 5.82 Å². The lowest BCUT2D eigenvalue weighted by molar-refractivity contribution is 0.108. The predicted molar refractivity (Wildman–Crippen MR) is 60.2 cm³/mol. The highest BCUT2D eigenvalue weighted by Gasteiger charge is 2.21. The molecule has 16 heavy (non-hydrogen) atoms. The molecule has 2 fully saturated rings. The van der Waals surface area contributed by atoms with Gasteiger partial charge in [-0.2, -0.15) is 0 Å². The molecule has 0 bridgehead atoms. The Morgan fingerprint density at radius 3 is 3.00 bits per heavy atom. The molecule has 1 aromatic heterocycles. The Morgan fingerprint density at radius 2 is 2.31 bits per heavy atom. The molecule has 3 rings (SSSR count). The maximum Gasteiger partial charge on any atom is 0.130 e. The summed E-state index contributed by atoms with van der Waals surface area (Å²) in [6.07, 6.45) is 3.99. The molecule has 3 heterocycles. The Bertz CT molecular complexity index is 361. The summed E-state index contributed by atoms with van der Waals surface area (Å²) >= 11 is 0. The highest BCUT2D eigenvalue weighted by atomic mass is 16.5. The van der Waals surface area contributed by atoms with Gasteiger partial charge in [0.25, 0.3) is 0 Å². The Kier molecular flexibility index (Phi) is 2.71. The average molecular weight is 220 g/mol. The highest BCUT2D eigenvalue weighted by Crippen LogP contribution is 2.27. The van der Waals surface area contributed by atoms with E-state index < -0.39 is 0 Å². The van der Waals surface area contributed by atoms with Crippen molar-refractivity contribution in [3.8, 4) is 0 Å². The lowest BCUT2D eigenvalue weighted by Crippen LogP contribution is -2.51. The first-order chi connectivity index (χ1) is 7.92. The van der Waals surface area contributed by atoms with Gasteiger partial charge in [0.2, 0.25) is 0 Å². The van der Waals surface area contributed by atoms with Gasteiger partial charge in [-0.1, -0.05) is 0 Å². The summed E-state index contributed by atoms with van der Waals surface area (Å²) in [5, 5.41) is 6.59. The minimum atomic E-state index is 0.170. The number of hydrogen-bond acceptors (Lipinski definition) is 5. The van der Waals surface area contributed by atoms with E-state index in [1.807, 2.05) is 6.07 Å². The van der Waals surface area contributed by atoms with Gasteiger partial charge < -0.3 is 15.4 Å². The fourth-order valence-electron chi connectivity index (χ4n) is 2.04. The molecule has 1 aromatic rings. The van der Waals surface area contributed by atoms with Gasteiger partial charge in [0, 0.05) is 25.8 Å². The van der Waals surface area contributed by atoms with E-state index in [1.54, 1.807) is 6.33 Å². The van der Waals surface area contributed by atoms with E-state index in [9.17, 15) is 0 Å². The SMILES string of the molecule is c1nc(NC2CNC2)cc(C2CCCO2)n1. The van der Waals surface area contributed by atoms with Crippen LogP contribution in [-0.4, -0.2) is 35.7 Å². The van der Waals surface area contributed by atoms with Crippen LogP contribution in [0.1, 0.15) is 24.6 Å². The molecule has 1 unspecified atom stereocenters. The van der Waals surface area contributed by atoms with Crippen LogP contribution < -0.4 is 10.6 Å². The summed E-state index contributed by atoms with van der Waals surface area (Å²) < 4.78 is 5.61. The zero-order chi connectivity index (χ0) is 10.8. The van der Waals surface area contributed by atoms with E-state index >= 15 is 0 Å². The Labute approximate surface area is 94.6 Å². The molecular weight excluding hydrogens is 204 g/mol. The first kappa shape index (κ1) is 9.99. The van der Waals surface area contributed by atoms with Crippen LogP contribution in [0.25, 0.3) is 0 Å². The molecule has 0 radical (unpaired) electrons. The molecule has 1 atom stereocenters. The summed E-state index contributed by atoms with van der Waals surface area (Å²) in [5.74, 6) is 0.909. The zero-order valence-electron chi connectivity index (χ0n) is 9.15. The number of rotatable bonds is 3. The number of nitrogens with one attached hydrogen (secondary N) is 2. The number of ether oxygens (including phenoxy) is 1. The van der Waals surface area contributed by atoms with E-state index in [-0.39, 0.29) is 6.10 Å². The van der Waals surface area contributed by atoms with Crippen LogP contribution in [0.2, 0.25) is 0 Å². The maximum atomic E-state index is 5.61. The van der Waals surface area contributed by atoms with Crippen molar-refractivity contribution in [2.24, 2.45) is 0 Å². The van der Waals surface area contributed by atoms with Crippen LogP contribution >= 0.6 is 0 Å². The third-order valence-corrected chi connectivity index (χ3v) is 3.08. The zero-order valence-corrected chi connectivity index (χ0v) is 9.15. The summed E-state index contributed by atoms with van der Waals surface area (Å²) in [6, 6.07) is 2.51. The van der Waals surface area contributed by atoms with Crippen LogP contribution in [-0.2, 0) is 4.74 Å². The van der Waals surface area contributed by atoms with Gasteiger partial charge in [0.05, 0.1) is 17.8 Å². The van der Waals surface area contributed by atoms with E-state index in [0.29, 0.717) is 6.04 Å². The highest BCUT2D eigenvalue weighted by molar-refractivity contribution is 5.37. The molecule has 0 aromatic carbocycles. The number of nitrogens with zero attached hydrogens (tertiary/aromatic N) is 2. The van der Waals surface area contributed by atoms with Crippen LogP contribution in [0.3, 0.4) is 0 Å². The van der Waals surface area contributed by atoms with E-state index in [2.05, 4.69) is 20.6 Å². The molecule has 86 valence electrons. The standard InChI is InChI=1S/C11H16N4O/c1-2-10(16-3-1)9-4-11(14-7-13-9)15-8-5-12-6-8/h4,7-8,10,12H,1-3,5-6H2,(H,13,14,15). The number of hydrogen-bond donors (Lipinski definition) is 2. The largest absolute Gasteiger partial charge is 0.372 e. The lowest BCUT2D eigenvalue weighted by Gasteiger charge is -2.28. The smallest absolute Gasteiger partial charge is 0.130 e. The minimum Gasteiger partial charge on any atom is -0.372 e. The van der Waals surface area contributed by atoms with Crippen LogP contribution in [0, 0.1) is 0 Å². The van der Waals surface area contributed by atoms with Crippen molar-refractivity contribution in [3.05, 3.63) is 18.1 Å². The van der Waals surface area contributed by atoms with Crippen molar-refractivity contribution < 1.29 is 4.74 Å². The molecule has 0 saturated carbocycles. The minimum absolute atomic E-state index is 0.170. The van der Waals surface area contributed by atoms with Crippen LogP contribution in [0.5, 0.6) is 0 Å². The van der Waals surface area contributed by atoms with Gasteiger partial charge in [-0.3, -0.25) is 0 Å². The lowest BCUT2D eigenvalue weighted by atomic mass is 10.1. The van der Waals surface area contributed by atoms with Gasteiger partial charge in [0.15, 0.2) is 0 Å². The second kappa shape index (κ2) is 4.35. The summed E-state index contributed by atoms with van der Waals surface area (Å²) in [5.41, 5.74) is 1.00. The first-order valence-electron chi connectivity index (χ1n) is 5.82. The molecule has 0 aliphatic carbocycles. The normalized spacial score (nSPS) is 25.4. The van der Waals surface area contributed by atoms with Gasteiger partial charge in [-0.15, -0.1) is 0 Å². The van der Waals surface area contributed by atoms with Crippen molar-refractivity contribution in [1.29, 1.82) is 0 Å². The fraction of sp³-hybridized carbons (Fsp3) is 0.636. The Hall–Kier alpha value is -1.20. The third-order valence-electron chi connectivity index (χ3n) is 3.08.